The quantitative estimate of drug-likeness (QED) is 0.347. The first-order chi connectivity index (χ1) is 11.7. The Bertz CT molecular complexity index is 845. The number of rotatable bonds is 4. The third-order valence-corrected chi connectivity index (χ3v) is 3.41. The molecule has 0 atom stereocenters. The molecule has 0 amide bonds. The maximum atomic E-state index is 12.0. The van der Waals surface area contributed by atoms with Crippen molar-refractivity contribution in [1.29, 1.82) is 0 Å². The van der Waals surface area contributed by atoms with Crippen LogP contribution >= 0.6 is 0 Å². The molecule has 3 rings (SSSR count). The highest BCUT2D eigenvalue weighted by Crippen LogP contribution is 2.19. The summed E-state index contributed by atoms with van der Waals surface area (Å²) < 4.78 is 0. The van der Waals surface area contributed by atoms with E-state index >= 15 is 0 Å². The first kappa shape index (κ1) is 15.4. The largest absolute Gasteiger partial charge is 0.380 e. The molecule has 5 nitrogen and oxygen atoms in total. The summed E-state index contributed by atoms with van der Waals surface area (Å²) in [4.78, 5) is 20.8. The fraction of sp³-hybridized carbons (Fsp3) is 0. The fourth-order valence-electron chi connectivity index (χ4n) is 2.14. The lowest BCUT2D eigenvalue weighted by Crippen LogP contribution is -2.15. The highest BCUT2D eigenvalue weighted by atomic mass is 16.7. The number of nitrogens with two attached hydrogens (primary N) is 1. The van der Waals surface area contributed by atoms with Crippen molar-refractivity contribution in [2.24, 2.45) is 10.9 Å². The number of nitrogens with zero attached hydrogens (tertiary/aromatic N) is 2. The Kier molecular flexibility index (Phi) is 4.62. The molecule has 0 unspecified atom stereocenters. The maximum Gasteiger partial charge on any atom is 0.365 e. The molecule has 0 fully saturated rings. The zero-order chi connectivity index (χ0) is 16.8. The molecular formula is C19H15N3O2. The normalized spacial score (nSPS) is 11.1. The number of hydrogen-bond acceptors (Lipinski definition) is 4. The highest BCUT2D eigenvalue weighted by molar-refractivity contribution is 5.97. The Morgan fingerprint density at radius 1 is 0.875 bits per heavy atom. The van der Waals surface area contributed by atoms with Gasteiger partial charge in [0.05, 0.1) is 5.56 Å². The van der Waals surface area contributed by atoms with Gasteiger partial charge >= 0.3 is 5.97 Å². The number of amidine groups is 1. The van der Waals surface area contributed by atoms with Gasteiger partial charge in [0.1, 0.15) is 0 Å². The van der Waals surface area contributed by atoms with Gasteiger partial charge in [-0.05, 0) is 35.4 Å². The summed E-state index contributed by atoms with van der Waals surface area (Å²) in [5.74, 6) is -0.473. The van der Waals surface area contributed by atoms with Crippen LogP contribution in [0.2, 0.25) is 0 Å². The Balaban J connectivity index is 1.70. The van der Waals surface area contributed by atoms with E-state index in [9.17, 15) is 4.79 Å². The van der Waals surface area contributed by atoms with Crippen LogP contribution in [-0.2, 0) is 4.84 Å². The van der Waals surface area contributed by atoms with Crippen LogP contribution in [0.3, 0.4) is 0 Å². The van der Waals surface area contributed by atoms with Crippen molar-refractivity contribution in [3.8, 4) is 11.1 Å². The van der Waals surface area contributed by atoms with Crippen LogP contribution in [0.1, 0.15) is 15.9 Å². The van der Waals surface area contributed by atoms with E-state index in [1.807, 2.05) is 42.5 Å². The zero-order valence-electron chi connectivity index (χ0n) is 12.8. The van der Waals surface area contributed by atoms with Gasteiger partial charge in [-0.2, -0.15) is 0 Å². The molecule has 2 N–H and O–H groups in total. The summed E-state index contributed by atoms with van der Waals surface area (Å²) in [6.07, 6.45) is 3.17. The van der Waals surface area contributed by atoms with Gasteiger partial charge in [0, 0.05) is 18.0 Å². The van der Waals surface area contributed by atoms with Crippen LogP contribution in [0.15, 0.2) is 84.3 Å². The van der Waals surface area contributed by atoms with E-state index in [-0.39, 0.29) is 5.84 Å². The van der Waals surface area contributed by atoms with Crippen LogP contribution in [-0.4, -0.2) is 16.8 Å². The Labute approximate surface area is 139 Å². The monoisotopic (exact) mass is 317 g/mol. The molecule has 0 aliphatic heterocycles. The predicted octanol–water partition coefficient (Wildman–Crippen LogP) is 3.23. The molecule has 0 spiro atoms. The Morgan fingerprint density at radius 2 is 1.58 bits per heavy atom. The molecule has 0 bridgehead atoms. The molecule has 0 aliphatic rings. The summed E-state index contributed by atoms with van der Waals surface area (Å²) >= 11 is 0. The lowest BCUT2D eigenvalue weighted by atomic mass is 10.0. The van der Waals surface area contributed by atoms with E-state index in [0.717, 1.165) is 11.1 Å². The molecular weight excluding hydrogens is 302 g/mol. The number of benzene rings is 2. The van der Waals surface area contributed by atoms with Crippen LogP contribution in [0.25, 0.3) is 11.1 Å². The molecule has 1 aromatic heterocycles. The molecule has 5 heteroatoms. The third-order valence-electron chi connectivity index (χ3n) is 3.41. The maximum absolute atomic E-state index is 12.0. The first-order valence-electron chi connectivity index (χ1n) is 7.35. The number of carbonyl (C=O) groups excluding carboxylic acids is 1. The smallest absolute Gasteiger partial charge is 0.365 e. The number of aromatic nitrogens is 1. The van der Waals surface area contributed by atoms with Gasteiger partial charge < -0.3 is 10.6 Å². The summed E-state index contributed by atoms with van der Waals surface area (Å²) in [7, 11) is 0. The van der Waals surface area contributed by atoms with Gasteiger partial charge in [-0.15, -0.1) is 0 Å². The number of pyridine rings is 1. The van der Waals surface area contributed by atoms with E-state index in [2.05, 4.69) is 10.1 Å². The molecule has 2 aromatic carbocycles. The number of hydrogen-bond donors (Lipinski definition) is 1. The lowest BCUT2D eigenvalue weighted by molar-refractivity contribution is 0.0516. The van der Waals surface area contributed by atoms with Crippen LogP contribution in [0, 0.1) is 0 Å². The van der Waals surface area contributed by atoms with Crippen LogP contribution in [0.4, 0.5) is 0 Å². The minimum absolute atomic E-state index is 0.0948. The summed E-state index contributed by atoms with van der Waals surface area (Å²) in [6.45, 7) is 0. The second kappa shape index (κ2) is 7.19. The van der Waals surface area contributed by atoms with E-state index in [0.29, 0.717) is 11.1 Å². The highest BCUT2D eigenvalue weighted by Gasteiger charge is 2.08. The second-order valence-corrected chi connectivity index (χ2v) is 5.04. The number of oxime groups is 1. The molecule has 3 aromatic rings. The average molecular weight is 317 g/mol. The molecule has 1 heterocycles. The Hall–Kier alpha value is -3.47. The molecule has 24 heavy (non-hydrogen) atoms. The summed E-state index contributed by atoms with van der Waals surface area (Å²) in [5.41, 5.74) is 8.84. The van der Waals surface area contributed by atoms with Crippen LogP contribution < -0.4 is 5.73 Å². The minimum atomic E-state index is -0.568. The van der Waals surface area contributed by atoms with E-state index < -0.39 is 5.97 Å². The SMILES string of the molecule is NC(=NOC(=O)c1ccc(-c2ccccc2)cc1)c1cccnc1. The molecule has 0 radical (unpaired) electrons. The van der Waals surface area contributed by atoms with E-state index in [1.54, 1.807) is 36.7 Å². The van der Waals surface area contributed by atoms with Crippen molar-refractivity contribution in [3.63, 3.8) is 0 Å². The van der Waals surface area contributed by atoms with Gasteiger partial charge in [-0.25, -0.2) is 4.79 Å². The molecule has 0 saturated carbocycles. The van der Waals surface area contributed by atoms with Gasteiger partial charge in [0.15, 0.2) is 5.84 Å². The molecule has 118 valence electrons. The lowest BCUT2D eigenvalue weighted by Gasteiger charge is -2.03. The fourth-order valence-corrected chi connectivity index (χ4v) is 2.14. The van der Waals surface area contributed by atoms with Crippen molar-refractivity contribution in [1.82, 2.24) is 4.98 Å². The van der Waals surface area contributed by atoms with Crippen LogP contribution in [0.5, 0.6) is 0 Å². The summed E-state index contributed by atoms with van der Waals surface area (Å²) in [5, 5.41) is 3.66. The van der Waals surface area contributed by atoms with Gasteiger partial charge in [0.2, 0.25) is 0 Å². The molecule has 0 saturated heterocycles. The van der Waals surface area contributed by atoms with Crippen molar-refractivity contribution >= 4 is 11.8 Å². The minimum Gasteiger partial charge on any atom is -0.380 e. The van der Waals surface area contributed by atoms with Crippen molar-refractivity contribution in [3.05, 3.63) is 90.3 Å². The number of carbonyl (C=O) groups is 1. The standard InChI is InChI=1S/C19H15N3O2/c20-18(17-7-4-12-21-13-17)22-24-19(23)16-10-8-15(9-11-16)14-5-2-1-3-6-14/h1-13H,(H2,20,22). The van der Waals surface area contributed by atoms with Crippen molar-refractivity contribution in [2.45, 2.75) is 0 Å². The van der Waals surface area contributed by atoms with Crippen molar-refractivity contribution in [2.75, 3.05) is 0 Å². The van der Waals surface area contributed by atoms with Gasteiger partial charge in [0.25, 0.3) is 0 Å². The van der Waals surface area contributed by atoms with Crippen molar-refractivity contribution < 1.29 is 9.63 Å². The Morgan fingerprint density at radius 3 is 2.25 bits per heavy atom. The average Bonchev–Trinajstić information content (AvgIpc) is 2.67. The van der Waals surface area contributed by atoms with E-state index in [4.69, 9.17) is 10.6 Å². The summed E-state index contributed by atoms with van der Waals surface area (Å²) in [6, 6.07) is 20.5. The first-order valence-corrected chi connectivity index (χ1v) is 7.35. The van der Waals surface area contributed by atoms with Gasteiger partial charge in [-0.1, -0.05) is 47.6 Å². The zero-order valence-corrected chi connectivity index (χ0v) is 12.8. The van der Waals surface area contributed by atoms with Gasteiger partial charge in [-0.3, -0.25) is 4.98 Å². The third kappa shape index (κ3) is 3.64. The van der Waals surface area contributed by atoms with E-state index in [1.165, 1.54) is 0 Å². The topological polar surface area (TPSA) is 77.6 Å². The molecule has 0 aliphatic carbocycles. The second-order valence-electron chi connectivity index (χ2n) is 5.04. The predicted molar refractivity (Wildman–Crippen MR) is 92.3 cm³/mol.